The fourth-order valence-electron chi connectivity index (χ4n) is 1.97. The van der Waals surface area contributed by atoms with Gasteiger partial charge in [0.05, 0.1) is 0 Å². The van der Waals surface area contributed by atoms with Crippen LogP contribution in [0.25, 0.3) is 22.3 Å². The largest absolute Gasteiger partial charge is 0.325 e. The maximum Gasteiger partial charge on any atom is 0.325 e. The smallest absolute Gasteiger partial charge is 0.317 e. The SMILES string of the molecule is C.CI.CSc1nc2[nH]c(=O)[nH]c2c(=O)[nH]1.O=c1[nH]c2[nH]c(=S)[nH]c(=O)c2[nH]1. The van der Waals surface area contributed by atoms with Crippen molar-refractivity contribution >= 4 is 68.9 Å². The summed E-state index contributed by atoms with van der Waals surface area (Å²) in [5.74, 6) is 0. The second kappa shape index (κ2) is 10.2. The van der Waals surface area contributed by atoms with Crippen LogP contribution in [0.2, 0.25) is 0 Å². The number of H-pyrrole nitrogens is 7. The molecule has 152 valence electrons. The molecule has 0 fully saturated rings. The molecule has 7 N–H and O–H groups in total. The number of hydrogen-bond donors (Lipinski definition) is 7. The summed E-state index contributed by atoms with van der Waals surface area (Å²) in [4.78, 5) is 66.8. The van der Waals surface area contributed by atoms with Crippen LogP contribution in [0.3, 0.4) is 0 Å². The zero-order valence-electron chi connectivity index (χ0n) is 13.8. The summed E-state index contributed by atoms with van der Waals surface area (Å²) >= 11 is 8.14. The van der Waals surface area contributed by atoms with Crippen molar-refractivity contribution in [3.05, 3.63) is 46.4 Å². The van der Waals surface area contributed by atoms with Gasteiger partial charge in [0.25, 0.3) is 11.1 Å². The molecule has 4 rings (SSSR count). The first kappa shape index (κ1) is 23.6. The Labute approximate surface area is 178 Å². The number of nitrogens with one attached hydrogen (secondary N) is 7. The standard InChI is InChI=1S/C6H6N4O2S.C5H4N4O2S.CH3I.CH4/c1-13-6-9-3-2(4(11)10-6)7-5(12)8-3;10-3-1-2(7-4(11)6-1)8-5(12)9-3;1-2;/h1H3,(H3,7,8,9,10,11,12);(H4,6,7,8,9,10,11,12);1H3;1H4. The number of alkyl halides is 1. The third kappa shape index (κ3) is 5.32. The Morgan fingerprint density at radius 2 is 1.39 bits per heavy atom. The van der Waals surface area contributed by atoms with Crippen LogP contribution >= 0.6 is 46.6 Å². The molecule has 0 atom stereocenters. The summed E-state index contributed by atoms with van der Waals surface area (Å²) in [6.07, 6.45) is 1.79. The highest BCUT2D eigenvalue weighted by molar-refractivity contribution is 14.1. The van der Waals surface area contributed by atoms with Gasteiger partial charge in [0.1, 0.15) is 11.2 Å². The Hall–Kier alpha value is -2.40. The second-order valence-corrected chi connectivity index (χ2v) is 5.82. The first-order valence-corrected chi connectivity index (χ1v) is 10.7. The molecule has 0 saturated carbocycles. The summed E-state index contributed by atoms with van der Waals surface area (Å²) in [5.41, 5.74) is -0.651. The van der Waals surface area contributed by atoms with E-state index in [1.54, 1.807) is 6.26 Å². The highest BCUT2D eigenvalue weighted by Gasteiger charge is 2.05. The molecule has 15 heteroatoms. The van der Waals surface area contributed by atoms with Crippen molar-refractivity contribution in [2.45, 2.75) is 12.6 Å². The van der Waals surface area contributed by atoms with Gasteiger partial charge in [-0.1, -0.05) is 41.8 Å². The number of aromatic amines is 7. The lowest BCUT2D eigenvalue weighted by Crippen LogP contribution is -2.09. The topological polar surface area (TPSA) is 192 Å². The predicted octanol–water partition coefficient (Wildman–Crippen LogP) is 0.951. The molecule has 4 aromatic heterocycles. The number of aromatic nitrogens is 8. The van der Waals surface area contributed by atoms with E-state index in [0.717, 1.165) is 0 Å². The molecule has 0 aromatic carbocycles. The molecule has 4 heterocycles. The number of hydrogen-bond acceptors (Lipinski definition) is 7. The van der Waals surface area contributed by atoms with Gasteiger partial charge in [-0.05, 0) is 23.4 Å². The van der Waals surface area contributed by atoms with Gasteiger partial charge in [0.15, 0.2) is 21.1 Å². The molecule has 0 unspecified atom stereocenters. The molecule has 12 nitrogen and oxygen atoms in total. The van der Waals surface area contributed by atoms with Gasteiger partial charge < -0.3 is 4.98 Å². The molecule has 0 saturated heterocycles. The van der Waals surface area contributed by atoms with E-state index in [9.17, 15) is 19.2 Å². The molecule has 0 radical (unpaired) electrons. The maximum atomic E-state index is 11.3. The van der Waals surface area contributed by atoms with E-state index in [1.807, 2.05) is 4.93 Å². The molecule has 0 aliphatic carbocycles. The first-order chi connectivity index (χ1) is 12.9. The Balaban J connectivity index is 0.000000250. The molecule has 28 heavy (non-hydrogen) atoms. The molecular formula is C13H17IN8O4S2. The monoisotopic (exact) mass is 540 g/mol. The van der Waals surface area contributed by atoms with Crippen LogP contribution in [0.15, 0.2) is 24.3 Å². The van der Waals surface area contributed by atoms with E-state index in [4.69, 9.17) is 0 Å². The van der Waals surface area contributed by atoms with Crippen LogP contribution in [-0.2, 0) is 0 Å². The number of rotatable bonds is 1. The van der Waals surface area contributed by atoms with Gasteiger partial charge in [0, 0.05) is 0 Å². The van der Waals surface area contributed by atoms with Crippen molar-refractivity contribution in [2.75, 3.05) is 11.2 Å². The minimum absolute atomic E-state index is 0. The highest BCUT2D eigenvalue weighted by Crippen LogP contribution is 2.06. The summed E-state index contributed by atoms with van der Waals surface area (Å²) in [7, 11) is 0. The van der Waals surface area contributed by atoms with Crippen LogP contribution in [0.4, 0.5) is 0 Å². The third-order valence-corrected chi connectivity index (χ3v) is 3.77. The maximum absolute atomic E-state index is 11.3. The van der Waals surface area contributed by atoms with Crippen LogP contribution in [0.5, 0.6) is 0 Å². The van der Waals surface area contributed by atoms with Gasteiger partial charge in [-0.3, -0.25) is 39.5 Å². The van der Waals surface area contributed by atoms with Crippen molar-refractivity contribution in [1.29, 1.82) is 0 Å². The fourth-order valence-corrected chi connectivity index (χ4v) is 2.54. The minimum Gasteiger partial charge on any atom is -0.317 e. The third-order valence-electron chi connectivity index (χ3n) is 2.98. The summed E-state index contributed by atoms with van der Waals surface area (Å²) in [5, 5.41) is 0.479. The van der Waals surface area contributed by atoms with Gasteiger partial charge >= 0.3 is 11.4 Å². The van der Waals surface area contributed by atoms with Crippen LogP contribution in [-0.4, -0.2) is 51.1 Å². The molecule has 0 aliphatic rings. The summed E-state index contributed by atoms with van der Waals surface area (Å²) in [6.45, 7) is 0. The zero-order valence-corrected chi connectivity index (χ0v) is 17.6. The highest BCUT2D eigenvalue weighted by atomic mass is 127. The predicted molar refractivity (Wildman–Crippen MR) is 121 cm³/mol. The lowest BCUT2D eigenvalue weighted by molar-refractivity contribution is 0.968. The molecule has 0 bridgehead atoms. The number of imidazole rings is 2. The molecular weight excluding hydrogens is 523 g/mol. The minimum atomic E-state index is -0.438. The lowest BCUT2D eigenvalue weighted by Gasteiger charge is -1.93. The quantitative estimate of drug-likeness (QED) is 0.0614. The van der Waals surface area contributed by atoms with Gasteiger partial charge in [0.2, 0.25) is 0 Å². The van der Waals surface area contributed by atoms with E-state index >= 15 is 0 Å². The Kier molecular flexibility index (Phi) is 8.64. The van der Waals surface area contributed by atoms with Gasteiger partial charge in [-0.15, -0.1) is 0 Å². The van der Waals surface area contributed by atoms with E-state index in [0.29, 0.717) is 10.8 Å². The second-order valence-electron chi connectivity index (χ2n) is 4.62. The number of thioether (sulfide) groups is 1. The van der Waals surface area contributed by atoms with E-state index in [1.165, 1.54) is 11.8 Å². The van der Waals surface area contributed by atoms with Crippen LogP contribution in [0.1, 0.15) is 7.43 Å². The van der Waals surface area contributed by atoms with E-state index in [-0.39, 0.29) is 34.4 Å². The Bertz CT molecular complexity index is 1360. The fraction of sp³-hybridized carbons (Fsp3) is 0.231. The first-order valence-electron chi connectivity index (χ1n) is 6.96. The molecule has 0 amide bonds. The van der Waals surface area contributed by atoms with Crippen molar-refractivity contribution in [3.8, 4) is 0 Å². The summed E-state index contributed by atoms with van der Waals surface area (Å²) < 4.78 is 0.183. The van der Waals surface area contributed by atoms with E-state index in [2.05, 4.69) is 74.7 Å². The van der Waals surface area contributed by atoms with Crippen molar-refractivity contribution < 1.29 is 0 Å². The average Bonchev–Trinajstić information content (AvgIpc) is 3.19. The van der Waals surface area contributed by atoms with E-state index < -0.39 is 16.9 Å². The van der Waals surface area contributed by atoms with Crippen LogP contribution < -0.4 is 22.5 Å². The average molecular weight is 540 g/mol. The van der Waals surface area contributed by atoms with Gasteiger partial charge in [-0.2, -0.15) is 0 Å². The zero-order chi connectivity index (χ0) is 20.1. The Morgan fingerprint density at radius 3 is 2.04 bits per heavy atom. The number of nitrogens with zero attached hydrogens (tertiary/aromatic N) is 1. The normalized spacial score (nSPS) is 9.82. The molecule has 0 aliphatic heterocycles. The molecule has 4 aromatic rings. The Morgan fingerprint density at radius 1 is 0.821 bits per heavy atom. The molecule has 0 spiro atoms. The lowest BCUT2D eigenvalue weighted by atomic mass is 10.6. The van der Waals surface area contributed by atoms with Crippen molar-refractivity contribution in [1.82, 2.24) is 39.9 Å². The van der Waals surface area contributed by atoms with Gasteiger partial charge in [-0.25, -0.2) is 14.6 Å². The summed E-state index contributed by atoms with van der Waals surface area (Å²) in [6, 6.07) is 0. The van der Waals surface area contributed by atoms with Crippen molar-refractivity contribution in [2.24, 2.45) is 0 Å². The number of halogens is 1. The number of fused-ring (bicyclic) bond motifs is 2. The van der Waals surface area contributed by atoms with Crippen molar-refractivity contribution in [3.63, 3.8) is 0 Å². The van der Waals surface area contributed by atoms with Crippen LogP contribution in [0, 0.1) is 4.77 Å².